The highest BCUT2D eigenvalue weighted by molar-refractivity contribution is 5.77. The first-order valence-electron chi connectivity index (χ1n) is 6.72. The molecule has 0 spiro atoms. The lowest BCUT2D eigenvalue weighted by molar-refractivity contribution is -0.143. The van der Waals surface area contributed by atoms with Crippen LogP contribution in [0.3, 0.4) is 0 Å². The maximum absolute atomic E-state index is 11.8. The van der Waals surface area contributed by atoms with Crippen LogP contribution in [0.2, 0.25) is 0 Å². The Bertz CT molecular complexity index is 448. The first kappa shape index (κ1) is 13.9. The summed E-state index contributed by atoms with van der Waals surface area (Å²) in [6.07, 6.45) is 3.59. The Morgan fingerprint density at radius 2 is 2.00 bits per heavy atom. The summed E-state index contributed by atoms with van der Waals surface area (Å²) in [4.78, 5) is 20.1. The van der Waals surface area contributed by atoms with E-state index in [1.54, 1.807) is 6.07 Å². The third kappa shape index (κ3) is 3.73. The molecule has 1 aliphatic heterocycles. The van der Waals surface area contributed by atoms with Crippen molar-refractivity contribution in [2.24, 2.45) is 5.41 Å². The third-order valence-electron chi connectivity index (χ3n) is 3.23. The van der Waals surface area contributed by atoms with Gasteiger partial charge in [-0.3, -0.25) is 4.79 Å². The van der Waals surface area contributed by atoms with Crippen LogP contribution in [0.25, 0.3) is 0 Å². The van der Waals surface area contributed by atoms with Crippen molar-refractivity contribution in [3.8, 4) is 5.88 Å². The minimum absolute atomic E-state index is 0.275. The summed E-state index contributed by atoms with van der Waals surface area (Å²) in [5.74, 6) is 0.502. The van der Waals surface area contributed by atoms with Gasteiger partial charge in [0.15, 0.2) is 0 Å². The molecule has 1 saturated heterocycles. The van der Waals surface area contributed by atoms with Crippen molar-refractivity contribution in [1.82, 2.24) is 15.3 Å². The largest absolute Gasteiger partial charge is 0.407 e. The Morgan fingerprint density at radius 1 is 1.32 bits per heavy atom. The molecule has 1 aliphatic rings. The van der Waals surface area contributed by atoms with E-state index in [1.165, 1.54) is 6.33 Å². The number of aromatic nitrogens is 2. The summed E-state index contributed by atoms with van der Waals surface area (Å²) in [5.41, 5.74) is 0.438. The summed E-state index contributed by atoms with van der Waals surface area (Å²) < 4.78 is 5.30. The van der Waals surface area contributed by atoms with E-state index < -0.39 is 5.41 Å². The SMILES string of the molecule is CC(C)(C)C(=O)Oc1cc(C2CCNCC2)ncn1. The first-order chi connectivity index (χ1) is 8.97. The molecule has 5 nitrogen and oxygen atoms in total. The van der Waals surface area contributed by atoms with Crippen LogP contribution >= 0.6 is 0 Å². The molecular weight excluding hydrogens is 242 g/mol. The number of hydrogen-bond acceptors (Lipinski definition) is 5. The number of nitrogens with one attached hydrogen (secondary N) is 1. The van der Waals surface area contributed by atoms with Crippen LogP contribution < -0.4 is 10.1 Å². The number of esters is 1. The lowest BCUT2D eigenvalue weighted by atomic mass is 9.94. The van der Waals surface area contributed by atoms with Crippen LogP contribution in [-0.4, -0.2) is 29.0 Å². The summed E-state index contributed by atoms with van der Waals surface area (Å²) in [5, 5.41) is 3.32. The van der Waals surface area contributed by atoms with Gasteiger partial charge in [-0.15, -0.1) is 0 Å². The van der Waals surface area contributed by atoms with Crippen molar-refractivity contribution in [2.75, 3.05) is 13.1 Å². The normalized spacial score (nSPS) is 17.2. The number of hydrogen-bond donors (Lipinski definition) is 1. The van der Waals surface area contributed by atoms with Gasteiger partial charge in [0.05, 0.1) is 11.1 Å². The predicted octanol–water partition coefficient (Wildman–Crippen LogP) is 1.90. The molecule has 0 aliphatic carbocycles. The second-order valence-corrected chi connectivity index (χ2v) is 5.94. The van der Waals surface area contributed by atoms with Gasteiger partial charge in [0.2, 0.25) is 5.88 Å². The molecule has 0 radical (unpaired) electrons. The summed E-state index contributed by atoms with van der Waals surface area (Å²) in [6.45, 7) is 7.48. The maximum atomic E-state index is 11.8. The standard InChI is InChI=1S/C14H21N3O2/c1-14(2,3)13(18)19-12-8-11(16-9-17-12)10-4-6-15-7-5-10/h8-10,15H,4-7H2,1-3H3. The minimum atomic E-state index is -0.528. The molecule has 2 heterocycles. The fraction of sp³-hybridized carbons (Fsp3) is 0.643. The molecule has 0 saturated carbocycles. The van der Waals surface area contributed by atoms with Gasteiger partial charge in [-0.25, -0.2) is 9.97 Å². The average Bonchev–Trinajstić information content (AvgIpc) is 2.39. The van der Waals surface area contributed by atoms with Gasteiger partial charge in [-0.05, 0) is 46.7 Å². The van der Waals surface area contributed by atoms with Crippen LogP contribution in [0, 0.1) is 5.41 Å². The molecule has 1 aromatic rings. The molecule has 0 aromatic carbocycles. The number of nitrogens with zero attached hydrogens (tertiary/aromatic N) is 2. The monoisotopic (exact) mass is 263 g/mol. The Kier molecular flexibility index (Phi) is 4.14. The average molecular weight is 263 g/mol. The lowest BCUT2D eigenvalue weighted by Gasteiger charge is -2.22. The van der Waals surface area contributed by atoms with E-state index in [0.717, 1.165) is 31.6 Å². The van der Waals surface area contributed by atoms with E-state index in [1.807, 2.05) is 20.8 Å². The third-order valence-corrected chi connectivity index (χ3v) is 3.23. The summed E-state index contributed by atoms with van der Waals surface area (Å²) in [6, 6.07) is 1.79. The van der Waals surface area contributed by atoms with Gasteiger partial charge in [0, 0.05) is 12.0 Å². The number of ether oxygens (including phenoxy) is 1. The Morgan fingerprint density at radius 3 is 2.63 bits per heavy atom. The number of rotatable bonds is 2. The Hall–Kier alpha value is -1.49. The molecule has 19 heavy (non-hydrogen) atoms. The molecule has 1 fully saturated rings. The smallest absolute Gasteiger partial charge is 0.317 e. The quantitative estimate of drug-likeness (QED) is 0.826. The Balaban J connectivity index is 2.08. The molecule has 0 bridgehead atoms. The van der Waals surface area contributed by atoms with Gasteiger partial charge in [0.25, 0.3) is 0 Å². The number of piperidine rings is 1. The van der Waals surface area contributed by atoms with Crippen molar-refractivity contribution in [2.45, 2.75) is 39.5 Å². The first-order valence-corrected chi connectivity index (χ1v) is 6.72. The molecule has 5 heteroatoms. The highest BCUT2D eigenvalue weighted by Gasteiger charge is 2.25. The number of carbonyl (C=O) groups is 1. The van der Waals surface area contributed by atoms with E-state index in [9.17, 15) is 4.79 Å². The van der Waals surface area contributed by atoms with Gasteiger partial charge in [-0.1, -0.05) is 0 Å². The van der Waals surface area contributed by atoms with E-state index in [-0.39, 0.29) is 5.97 Å². The van der Waals surface area contributed by atoms with E-state index >= 15 is 0 Å². The number of carbonyl (C=O) groups excluding carboxylic acids is 1. The molecule has 1 N–H and O–H groups in total. The zero-order valence-corrected chi connectivity index (χ0v) is 11.8. The van der Waals surface area contributed by atoms with Crippen molar-refractivity contribution in [1.29, 1.82) is 0 Å². The maximum Gasteiger partial charge on any atom is 0.317 e. The molecular formula is C14H21N3O2. The topological polar surface area (TPSA) is 64.1 Å². The molecule has 2 rings (SSSR count). The molecule has 0 unspecified atom stereocenters. The van der Waals surface area contributed by atoms with Gasteiger partial charge >= 0.3 is 5.97 Å². The highest BCUT2D eigenvalue weighted by Crippen LogP contribution is 2.25. The van der Waals surface area contributed by atoms with E-state index in [2.05, 4.69) is 15.3 Å². The van der Waals surface area contributed by atoms with Crippen molar-refractivity contribution >= 4 is 5.97 Å². The fourth-order valence-corrected chi connectivity index (χ4v) is 2.00. The minimum Gasteiger partial charge on any atom is -0.407 e. The van der Waals surface area contributed by atoms with Crippen LogP contribution in [0.4, 0.5) is 0 Å². The molecule has 1 aromatic heterocycles. The predicted molar refractivity (Wildman–Crippen MR) is 72.0 cm³/mol. The lowest BCUT2D eigenvalue weighted by Crippen LogP contribution is -2.27. The Labute approximate surface area is 113 Å². The van der Waals surface area contributed by atoms with E-state index in [0.29, 0.717) is 11.8 Å². The zero-order chi connectivity index (χ0) is 13.9. The van der Waals surface area contributed by atoms with Crippen molar-refractivity contribution in [3.05, 3.63) is 18.1 Å². The van der Waals surface area contributed by atoms with Crippen molar-refractivity contribution < 1.29 is 9.53 Å². The van der Waals surface area contributed by atoms with Crippen LogP contribution in [-0.2, 0) is 4.79 Å². The zero-order valence-electron chi connectivity index (χ0n) is 11.8. The molecule has 104 valence electrons. The fourth-order valence-electron chi connectivity index (χ4n) is 2.00. The van der Waals surface area contributed by atoms with Crippen molar-refractivity contribution in [3.63, 3.8) is 0 Å². The van der Waals surface area contributed by atoms with Gasteiger partial charge in [0.1, 0.15) is 6.33 Å². The van der Waals surface area contributed by atoms with Gasteiger partial charge in [-0.2, -0.15) is 0 Å². The van der Waals surface area contributed by atoms with E-state index in [4.69, 9.17) is 4.74 Å². The van der Waals surface area contributed by atoms with Crippen LogP contribution in [0.15, 0.2) is 12.4 Å². The second kappa shape index (κ2) is 5.65. The van der Waals surface area contributed by atoms with Gasteiger partial charge < -0.3 is 10.1 Å². The second-order valence-electron chi connectivity index (χ2n) is 5.94. The summed E-state index contributed by atoms with van der Waals surface area (Å²) >= 11 is 0. The van der Waals surface area contributed by atoms with Crippen LogP contribution in [0.1, 0.15) is 45.2 Å². The summed E-state index contributed by atoms with van der Waals surface area (Å²) in [7, 11) is 0. The van der Waals surface area contributed by atoms with Crippen LogP contribution in [0.5, 0.6) is 5.88 Å². The molecule has 0 atom stereocenters. The highest BCUT2D eigenvalue weighted by atomic mass is 16.5. The molecule has 0 amide bonds.